The lowest BCUT2D eigenvalue weighted by atomic mass is 10.1. The standard InChI is InChI=1S/C31H36N2O6S2.ClH/c1-32(16-18-36-24-12-11-22-21-38-39-28(22)20-24)15-7-8-17-37-27-14-13-23(35-3)19-25(27)31(40-4)30(34)33(2)26-9-5-6-10-29(26)41-31;/h5-6,9-14,19-20H,7-8,15-18,21H2,1-4H3;1H. The fraction of sp³-hybridized carbons (Fsp3) is 0.387. The van der Waals surface area contributed by atoms with E-state index in [4.69, 9.17) is 24.0 Å². The summed E-state index contributed by atoms with van der Waals surface area (Å²) in [6.45, 7) is 3.35. The third-order valence-electron chi connectivity index (χ3n) is 7.23. The number of ether oxygens (including phenoxy) is 3. The van der Waals surface area contributed by atoms with Gasteiger partial charge in [0.15, 0.2) is 9.83 Å². The molecule has 0 bridgehead atoms. The lowest BCUT2D eigenvalue weighted by molar-refractivity contribution is -0.194. The molecule has 1 amide bonds. The Bertz CT molecular complexity index is 1380. The number of fused-ring (bicyclic) bond motifs is 2. The Kier molecular flexibility index (Phi) is 11.2. The van der Waals surface area contributed by atoms with Gasteiger partial charge in [0.25, 0.3) is 5.91 Å². The van der Waals surface area contributed by atoms with Gasteiger partial charge < -0.3 is 28.9 Å². The molecule has 0 aliphatic carbocycles. The second-order valence-electron chi connectivity index (χ2n) is 9.94. The van der Waals surface area contributed by atoms with E-state index >= 15 is 0 Å². The Morgan fingerprint density at radius 1 is 1.02 bits per heavy atom. The first-order valence-electron chi connectivity index (χ1n) is 13.6. The third-order valence-corrected chi connectivity index (χ3v) is 10.2. The van der Waals surface area contributed by atoms with E-state index < -0.39 is 4.08 Å². The van der Waals surface area contributed by atoms with Gasteiger partial charge in [-0.25, -0.2) is 0 Å². The van der Waals surface area contributed by atoms with Crippen LogP contribution in [0.4, 0.5) is 5.69 Å². The summed E-state index contributed by atoms with van der Waals surface area (Å²) < 4.78 is 16.9. The molecule has 11 heteroatoms. The molecule has 226 valence electrons. The number of rotatable bonds is 13. The maximum atomic E-state index is 13.8. The highest BCUT2D eigenvalue weighted by Crippen LogP contribution is 2.58. The van der Waals surface area contributed by atoms with Crippen LogP contribution in [0.15, 0.2) is 65.6 Å². The van der Waals surface area contributed by atoms with E-state index in [1.165, 1.54) is 11.8 Å². The molecule has 0 aromatic heterocycles. The van der Waals surface area contributed by atoms with Crippen molar-refractivity contribution in [2.24, 2.45) is 0 Å². The Morgan fingerprint density at radius 3 is 2.64 bits per heavy atom. The van der Waals surface area contributed by atoms with Gasteiger partial charge in [-0.15, -0.1) is 24.2 Å². The molecule has 0 radical (unpaired) electrons. The molecular weight excluding hydrogens is 596 g/mol. The lowest BCUT2D eigenvalue weighted by Gasteiger charge is -2.40. The number of halogens is 1. The summed E-state index contributed by atoms with van der Waals surface area (Å²) in [4.78, 5) is 29.0. The molecule has 0 spiro atoms. The summed E-state index contributed by atoms with van der Waals surface area (Å²) >= 11 is 3.09. The van der Waals surface area contributed by atoms with Crippen molar-refractivity contribution in [1.29, 1.82) is 0 Å². The average molecular weight is 633 g/mol. The van der Waals surface area contributed by atoms with E-state index in [1.54, 1.807) is 23.8 Å². The first-order valence-corrected chi connectivity index (χ1v) is 15.7. The van der Waals surface area contributed by atoms with Crippen molar-refractivity contribution in [3.8, 4) is 23.0 Å². The van der Waals surface area contributed by atoms with Crippen LogP contribution >= 0.6 is 35.9 Å². The number of hydrogen-bond acceptors (Lipinski definition) is 9. The second kappa shape index (κ2) is 14.6. The van der Waals surface area contributed by atoms with Gasteiger partial charge in [-0.05, 0) is 75.2 Å². The monoisotopic (exact) mass is 632 g/mol. The predicted molar refractivity (Wildman–Crippen MR) is 171 cm³/mol. The van der Waals surface area contributed by atoms with E-state index in [-0.39, 0.29) is 18.3 Å². The molecule has 0 saturated carbocycles. The fourth-order valence-corrected chi connectivity index (χ4v) is 7.41. The average Bonchev–Trinajstić information content (AvgIpc) is 3.47. The van der Waals surface area contributed by atoms with Crippen LogP contribution in [0, 0.1) is 0 Å². The predicted octanol–water partition coefficient (Wildman–Crippen LogP) is 6.40. The molecular formula is C31H37ClN2O6S2. The molecule has 2 aliphatic heterocycles. The van der Waals surface area contributed by atoms with Crippen LogP contribution in [0.25, 0.3) is 0 Å². The van der Waals surface area contributed by atoms with Crippen LogP contribution in [0.3, 0.4) is 0 Å². The zero-order chi connectivity index (χ0) is 28.8. The highest BCUT2D eigenvalue weighted by atomic mass is 35.5. The fourth-order valence-electron chi connectivity index (χ4n) is 4.85. The smallest absolute Gasteiger partial charge is 0.258 e. The molecule has 1 atom stereocenters. The molecule has 0 saturated heterocycles. The Hall–Kier alpha value is -2.76. The zero-order valence-corrected chi connectivity index (χ0v) is 26.7. The number of likely N-dealkylation sites (N-methyl/N-ethyl adjacent to an activating group) is 2. The highest BCUT2D eigenvalue weighted by Gasteiger charge is 2.49. The molecule has 2 heterocycles. The maximum absolute atomic E-state index is 13.8. The van der Waals surface area contributed by atoms with E-state index in [1.807, 2.05) is 67.9 Å². The SMILES string of the molecule is COc1ccc(OCCCCN(C)CCOc2ccc3c(c2)OOC3)c(C2(SC)Sc3ccccc3N(C)C2=O)c1.Cl. The largest absolute Gasteiger partial charge is 0.497 e. The molecule has 2 aliphatic rings. The number of benzene rings is 3. The van der Waals surface area contributed by atoms with Crippen LogP contribution in [-0.2, 0) is 20.4 Å². The summed E-state index contributed by atoms with van der Waals surface area (Å²) in [6.07, 6.45) is 3.83. The summed E-state index contributed by atoms with van der Waals surface area (Å²) in [5.41, 5.74) is 2.77. The molecule has 0 fully saturated rings. The number of unbranched alkanes of at least 4 members (excludes halogenated alkanes) is 1. The van der Waals surface area contributed by atoms with E-state index in [0.29, 0.717) is 31.3 Å². The van der Waals surface area contributed by atoms with E-state index in [0.717, 1.165) is 59.1 Å². The lowest BCUT2D eigenvalue weighted by Crippen LogP contribution is -2.44. The van der Waals surface area contributed by atoms with Gasteiger partial charge in [0.05, 0.1) is 19.4 Å². The van der Waals surface area contributed by atoms with Crippen LogP contribution in [-0.4, -0.2) is 64.6 Å². The van der Waals surface area contributed by atoms with Crippen LogP contribution in [0.2, 0.25) is 0 Å². The molecule has 8 nitrogen and oxygen atoms in total. The van der Waals surface area contributed by atoms with Crippen LogP contribution < -0.4 is 24.0 Å². The quantitative estimate of drug-likeness (QED) is 0.157. The molecule has 0 N–H and O–H groups in total. The number of thioether (sulfide) groups is 2. The molecule has 3 aromatic rings. The van der Waals surface area contributed by atoms with Gasteiger partial charge in [-0.1, -0.05) is 23.9 Å². The minimum absolute atomic E-state index is 0. The highest BCUT2D eigenvalue weighted by molar-refractivity contribution is 8.18. The van der Waals surface area contributed by atoms with Gasteiger partial charge >= 0.3 is 0 Å². The number of carbonyl (C=O) groups excluding carboxylic acids is 1. The first-order chi connectivity index (χ1) is 19.9. The number of nitrogens with zero attached hydrogens (tertiary/aromatic N) is 2. The zero-order valence-electron chi connectivity index (χ0n) is 24.3. The van der Waals surface area contributed by atoms with Crippen molar-refractivity contribution in [2.45, 2.75) is 28.4 Å². The Labute approximate surface area is 262 Å². The Balaban J connectivity index is 0.00000405. The van der Waals surface area contributed by atoms with Crippen molar-refractivity contribution in [3.63, 3.8) is 0 Å². The first kappa shape index (κ1) is 32.2. The van der Waals surface area contributed by atoms with Crippen molar-refractivity contribution in [2.75, 3.05) is 58.7 Å². The van der Waals surface area contributed by atoms with Crippen LogP contribution in [0.5, 0.6) is 23.0 Å². The number of carbonyl (C=O) groups is 1. The van der Waals surface area contributed by atoms with Gasteiger partial charge in [0.1, 0.15) is 30.5 Å². The van der Waals surface area contributed by atoms with Gasteiger partial charge in [-0.2, -0.15) is 4.89 Å². The van der Waals surface area contributed by atoms with E-state index in [2.05, 4.69) is 18.0 Å². The maximum Gasteiger partial charge on any atom is 0.258 e. The van der Waals surface area contributed by atoms with Crippen molar-refractivity contribution >= 4 is 47.5 Å². The minimum Gasteiger partial charge on any atom is -0.497 e. The summed E-state index contributed by atoms with van der Waals surface area (Å²) in [5.74, 6) is 2.91. The molecule has 1 unspecified atom stereocenters. The molecule has 3 aromatic carbocycles. The molecule has 5 rings (SSSR count). The minimum atomic E-state index is -0.884. The van der Waals surface area contributed by atoms with Crippen LogP contribution in [0.1, 0.15) is 24.0 Å². The van der Waals surface area contributed by atoms with Crippen molar-refractivity contribution in [1.82, 2.24) is 4.90 Å². The number of para-hydroxylation sites is 1. The number of anilines is 1. The number of hydrogen-bond donors (Lipinski definition) is 0. The van der Waals surface area contributed by atoms with Gasteiger partial charge in [-0.3, -0.25) is 4.79 Å². The second-order valence-corrected chi connectivity index (χ2v) is 12.5. The van der Waals surface area contributed by atoms with Crippen molar-refractivity contribution < 1.29 is 28.8 Å². The summed E-state index contributed by atoms with van der Waals surface area (Å²) in [6, 6.07) is 19.5. The Morgan fingerprint density at radius 2 is 1.83 bits per heavy atom. The normalized spacial score (nSPS) is 17.3. The number of methoxy groups -OCH3 is 1. The van der Waals surface area contributed by atoms with Crippen molar-refractivity contribution in [3.05, 3.63) is 71.8 Å². The summed E-state index contributed by atoms with van der Waals surface area (Å²) in [7, 11) is 5.57. The third kappa shape index (κ3) is 6.89. The summed E-state index contributed by atoms with van der Waals surface area (Å²) in [5, 5.41) is 0. The number of amides is 1. The molecule has 42 heavy (non-hydrogen) atoms. The van der Waals surface area contributed by atoms with E-state index in [9.17, 15) is 4.79 Å². The van der Waals surface area contributed by atoms with Gasteiger partial charge in [0, 0.05) is 35.7 Å². The van der Waals surface area contributed by atoms with Gasteiger partial charge in [0.2, 0.25) is 0 Å². The topological polar surface area (TPSA) is 69.7 Å².